The molecule has 0 aliphatic heterocycles. The molecule has 2 aromatic rings. The van der Waals surface area contributed by atoms with Gasteiger partial charge in [-0.15, -0.1) is 0 Å². The summed E-state index contributed by atoms with van der Waals surface area (Å²) in [4.78, 5) is 15.6. The summed E-state index contributed by atoms with van der Waals surface area (Å²) in [6.45, 7) is 1.66. The molecule has 3 N–H and O–H groups in total. The lowest BCUT2D eigenvalue weighted by Crippen LogP contribution is -2.13. The summed E-state index contributed by atoms with van der Waals surface area (Å²) in [6, 6.07) is 1.62. The van der Waals surface area contributed by atoms with E-state index >= 15 is 0 Å². The highest BCUT2D eigenvalue weighted by molar-refractivity contribution is 6.06. The number of hydrogen-bond acceptors (Lipinski definition) is 5. The average Bonchev–Trinajstić information content (AvgIpc) is 2.68. The first-order valence-corrected chi connectivity index (χ1v) is 4.60. The number of pyridine rings is 1. The zero-order valence-electron chi connectivity index (χ0n) is 8.60. The van der Waals surface area contributed by atoms with Crippen molar-refractivity contribution in [3.63, 3.8) is 0 Å². The monoisotopic (exact) mass is 218 g/mol. The van der Waals surface area contributed by atoms with E-state index in [0.717, 1.165) is 0 Å². The molecule has 0 aromatic carbocycles. The molecular weight excluding hydrogens is 208 g/mol. The molecule has 0 radical (unpaired) electrons. The number of nitrogens with zero attached hydrogens (tertiary/aromatic N) is 2. The van der Waals surface area contributed by atoms with Gasteiger partial charge < -0.3 is 15.6 Å². The summed E-state index contributed by atoms with van der Waals surface area (Å²) in [5.41, 5.74) is 6.95. The van der Waals surface area contributed by atoms with Crippen LogP contribution in [0.5, 0.6) is 0 Å². The number of hydrogen-bond donors (Lipinski definition) is 2. The molecule has 16 heavy (non-hydrogen) atoms. The summed E-state index contributed by atoms with van der Waals surface area (Å²) in [7, 11) is 0. The number of amides is 1. The first-order chi connectivity index (χ1) is 7.68. The molecule has 2 rings (SSSR count). The quantitative estimate of drug-likeness (QED) is 0.790. The topological polar surface area (TPSA) is 94.0 Å². The van der Waals surface area contributed by atoms with Gasteiger partial charge in [0.05, 0.1) is 23.8 Å². The van der Waals surface area contributed by atoms with E-state index < -0.39 is 0 Å². The van der Waals surface area contributed by atoms with Gasteiger partial charge in [-0.2, -0.15) is 0 Å². The third-order valence-corrected chi connectivity index (χ3v) is 2.10. The Morgan fingerprint density at radius 2 is 2.31 bits per heavy atom. The maximum Gasteiger partial charge on any atom is 0.260 e. The number of anilines is 2. The number of aromatic nitrogens is 2. The lowest BCUT2D eigenvalue weighted by molar-refractivity contribution is 0.102. The van der Waals surface area contributed by atoms with E-state index in [9.17, 15) is 4.79 Å². The fraction of sp³-hybridized carbons (Fsp3) is 0.100. The van der Waals surface area contributed by atoms with Gasteiger partial charge in [-0.25, -0.2) is 0 Å². The van der Waals surface area contributed by atoms with E-state index in [0.29, 0.717) is 22.7 Å². The van der Waals surface area contributed by atoms with Gasteiger partial charge in [-0.05, 0) is 13.0 Å². The molecule has 0 saturated carbocycles. The number of rotatable bonds is 2. The zero-order chi connectivity index (χ0) is 11.5. The largest absolute Gasteiger partial charge is 0.396 e. The molecule has 0 atom stereocenters. The van der Waals surface area contributed by atoms with Gasteiger partial charge in [-0.3, -0.25) is 9.78 Å². The molecule has 0 aliphatic rings. The molecule has 0 bridgehead atoms. The molecule has 6 nitrogen and oxygen atoms in total. The number of carbonyl (C=O) groups excluding carboxylic acids is 1. The first-order valence-electron chi connectivity index (χ1n) is 4.60. The summed E-state index contributed by atoms with van der Waals surface area (Å²) in [6.07, 6.45) is 4.38. The minimum Gasteiger partial charge on any atom is -0.396 e. The molecule has 2 heterocycles. The van der Waals surface area contributed by atoms with Crippen molar-refractivity contribution in [2.24, 2.45) is 0 Å². The highest BCUT2D eigenvalue weighted by Gasteiger charge is 2.13. The molecular formula is C10H10N4O2. The van der Waals surface area contributed by atoms with E-state index in [1.54, 1.807) is 19.2 Å². The number of nitrogens with one attached hydrogen (secondary N) is 1. The first kappa shape index (κ1) is 10.2. The summed E-state index contributed by atoms with van der Waals surface area (Å²) < 4.78 is 4.80. The fourth-order valence-corrected chi connectivity index (χ4v) is 1.23. The van der Waals surface area contributed by atoms with Gasteiger partial charge in [-0.1, -0.05) is 5.16 Å². The van der Waals surface area contributed by atoms with Crippen LogP contribution in [-0.4, -0.2) is 16.0 Å². The summed E-state index contributed by atoms with van der Waals surface area (Å²) >= 11 is 0. The second kappa shape index (κ2) is 4.01. The maximum atomic E-state index is 11.8. The Kier molecular flexibility index (Phi) is 2.55. The van der Waals surface area contributed by atoms with E-state index in [-0.39, 0.29) is 5.91 Å². The van der Waals surface area contributed by atoms with Crippen LogP contribution in [0.3, 0.4) is 0 Å². The van der Waals surface area contributed by atoms with Crippen molar-refractivity contribution in [1.29, 1.82) is 0 Å². The SMILES string of the molecule is Cc1oncc1C(=O)Nc1ccncc1N. The van der Waals surface area contributed by atoms with E-state index in [1.807, 2.05) is 0 Å². The Labute approximate surface area is 91.5 Å². The Balaban J connectivity index is 2.21. The van der Waals surface area contributed by atoms with Crippen LogP contribution in [0, 0.1) is 6.92 Å². The summed E-state index contributed by atoms with van der Waals surface area (Å²) in [5.74, 6) is 0.154. The third-order valence-electron chi connectivity index (χ3n) is 2.10. The Hall–Kier alpha value is -2.37. The van der Waals surface area contributed by atoms with Gasteiger partial charge in [0.1, 0.15) is 11.3 Å². The van der Waals surface area contributed by atoms with Crippen molar-refractivity contribution >= 4 is 17.3 Å². The predicted molar refractivity (Wildman–Crippen MR) is 57.8 cm³/mol. The van der Waals surface area contributed by atoms with Crippen molar-refractivity contribution in [1.82, 2.24) is 10.1 Å². The van der Waals surface area contributed by atoms with Crippen molar-refractivity contribution in [2.75, 3.05) is 11.1 Å². The van der Waals surface area contributed by atoms with Gasteiger partial charge in [0.25, 0.3) is 5.91 Å². The van der Waals surface area contributed by atoms with Crippen molar-refractivity contribution in [3.8, 4) is 0 Å². The number of nitrogens with two attached hydrogens (primary N) is 1. The van der Waals surface area contributed by atoms with E-state index in [4.69, 9.17) is 10.3 Å². The fourth-order valence-electron chi connectivity index (χ4n) is 1.23. The highest BCUT2D eigenvalue weighted by atomic mass is 16.5. The normalized spacial score (nSPS) is 10.1. The van der Waals surface area contributed by atoms with E-state index in [1.165, 1.54) is 12.4 Å². The molecule has 6 heteroatoms. The number of nitrogen functional groups attached to an aromatic ring is 1. The number of aryl methyl sites for hydroxylation is 1. The van der Waals surface area contributed by atoms with Crippen LogP contribution in [0.1, 0.15) is 16.1 Å². The predicted octanol–water partition coefficient (Wildman–Crippen LogP) is 1.21. The molecule has 0 unspecified atom stereocenters. The average molecular weight is 218 g/mol. The lowest BCUT2D eigenvalue weighted by Gasteiger charge is -2.05. The van der Waals surface area contributed by atoms with Crippen LogP contribution in [0.2, 0.25) is 0 Å². The van der Waals surface area contributed by atoms with Crippen LogP contribution >= 0.6 is 0 Å². The minimum absolute atomic E-state index is 0.309. The molecule has 82 valence electrons. The van der Waals surface area contributed by atoms with Crippen LogP contribution in [-0.2, 0) is 0 Å². The van der Waals surface area contributed by atoms with Crippen molar-refractivity contribution in [2.45, 2.75) is 6.92 Å². The van der Waals surface area contributed by atoms with Gasteiger partial charge >= 0.3 is 0 Å². The van der Waals surface area contributed by atoms with Crippen LogP contribution < -0.4 is 11.1 Å². The summed E-state index contributed by atoms with van der Waals surface area (Å²) in [5, 5.41) is 6.18. The second-order valence-electron chi connectivity index (χ2n) is 3.21. The van der Waals surface area contributed by atoms with Gasteiger partial charge in [0.15, 0.2) is 0 Å². The lowest BCUT2D eigenvalue weighted by atomic mass is 10.2. The third kappa shape index (κ3) is 1.85. The molecule has 2 aromatic heterocycles. The standard InChI is InChI=1S/C10H10N4O2/c1-6-7(4-13-16-6)10(15)14-9-2-3-12-5-8(9)11/h2-5H,11H2,1H3,(H,12,14,15). The molecule has 0 saturated heterocycles. The highest BCUT2D eigenvalue weighted by Crippen LogP contribution is 2.17. The van der Waals surface area contributed by atoms with Crippen LogP contribution in [0.15, 0.2) is 29.2 Å². The molecule has 0 aliphatic carbocycles. The van der Waals surface area contributed by atoms with E-state index in [2.05, 4.69) is 15.5 Å². The van der Waals surface area contributed by atoms with Crippen molar-refractivity contribution in [3.05, 3.63) is 36.0 Å². The Morgan fingerprint density at radius 3 is 2.94 bits per heavy atom. The smallest absolute Gasteiger partial charge is 0.260 e. The van der Waals surface area contributed by atoms with Crippen LogP contribution in [0.25, 0.3) is 0 Å². The van der Waals surface area contributed by atoms with Crippen LogP contribution in [0.4, 0.5) is 11.4 Å². The van der Waals surface area contributed by atoms with Crippen molar-refractivity contribution < 1.29 is 9.32 Å². The molecule has 1 amide bonds. The second-order valence-corrected chi connectivity index (χ2v) is 3.21. The zero-order valence-corrected chi connectivity index (χ0v) is 8.60. The maximum absolute atomic E-state index is 11.8. The van der Waals surface area contributed by atoms with Gasteiger partial charge in [0, 0.05) is 6.20 Å². The Morgan fingerprint density at radius 1 is 1.50 bits per heavy atom. The molecule has 0 fully saturated rings. The van der Waals surface area contributed by atoms with Gasteiger partial charge in [0.2, 0.25) is 0 Å². The Bertz CT molecular complexity index is 521. The molecule has 0 spiro atoms. The minimum atomic E-state index is -0.309. The number of carbonyl (C=O) groups is 1.